The van der Waals surface area contributed by atoms with Crippen LogP contribution < -0.4 is 20.5 Å². The summed E-state index contributed by atoms with van der Waals surface area (Å²) in [5, 5.41) is 3.14. The third kappa shape index (κ3) is 4.55. The van der Waals surface area contributed by atoms with Crippen LogP contribution in [-0.4, -0.2) is 36.8 Å². The Morgan fingerprint density at radius 2 is 1.68 bits per heavy atom. The third-order valence-corrected chi connectivity index (χ3v) is 3.25. The average molecular weight is 268 g/mol. The van der Waals surface area contributed by atoms with Crippen molar-refractivity contribution in [1.82, 2.24) is 9.97 Å². The summed E-state index contributed by atoms with van der Waals surface area (Å²) in [4.78, 5) is 8.41. The van der Waals surface area contributed by atoms with Crippen molar-refractivity contribution in [3.05, 3.63) is 6.07 Å². The van der Waals surface area contributed by atoms with Crippen molar-refractivity contribution in [2.75, 3.05) is 26.1 Å². The van der Waals surface area contributed by atoms with E-state index in [1.165, 1.54) is 0 Å². The molecule has 6 nitrogen and oxygen atoms in total. The number of nitrogens with two attached hydrogens (primary N) is 1. The number of nitrogens with one attached hydrogen (secondary N) is 1. The number of methoxy groups -OCH3 is 2. The minimum Gasteiger partial charge on any atom is -0.481 e. The van der Waals surface area contributed by atoms with Gasteiger partial charge in [-0.25, -0.2) is 0 Å². The molecule has 0 saturated carbocycles. The number of ether oxygens (including phenoxy) is 2. The Morgan fingerprint density at radius 3 is 2.11 bits per heavy atom. The van der Waals surface area contributed by atoms with Gasteiger partial charge in [-0.2, -0.15) is 9.97 Å². The summed E-state index contributed by atoms with van der Waals surface area (Å²) in [6.07, 6.45) is 2.14. The van der Waals surface area contributed by atoms with Crippen LogP contribution >= 0.6 is 0 Å². The highest BCUT2D eigenvalue weighted by molar-refractivity contribution is 5.33. The lowest BCUT2D eigenvalue weighted by Crippen LogP contribution is -2.36. The van der Waals surface area contributed by atoms with E-state index in [0.717, 1.165) is 12.8 Å². The molecule has 0 aromatic carbocycles. The molecule has 1 unspecified atom stereocenters. The molecule has 1 heterocycles. The van der Waals surface area contributed by atoms with Crippen LogP contribution in [-0.2, 0) is 0 Å². The molecule has 1 aromatic rings. The molecular formula is C13H24N4O2. The Morgan fingerprint density at radius 1 is 1.16 bits per heavy atom. The molecule has 1 rings (SSSR count). The van der Waals surface area contributed by atoms with Gasteiger partial charge >= 0.3 is 0 Å². The van der Waals surface area contributed by atoms with Crippen LogP contribution in [0.3, 0.4) is 0 Å². The predicted molar refractivity (Wildman–Crippen MR) is 75.7 cm³/mol. The van der Waals surface area contributed by atoms with E-state index in [1.54, 1.807) is 20.3 Å². The van der Waals surface area contributed by atoms with Crippen LogP contribution in [0.15, 0.2) is 6.07 Å². The molecule has 0 spiro atoms. The highest BCUT2D eigenvalue weighted by Gasteiger charge is 2.14. The third-order valence-electron chi connectivity index (χ3n) is 3.25. The molecule has 0 aliphatic rings. The van der Waals surface area contributed by atoms with Gasteiger partial charge in [0.15, 0.2) is 0 Å². The molecule has 0 radical (unpaired) electrons. The van der Waals surface area contributed by atoms with Crippen molar-refractivity contribution in [3.63, 3.8) is 0 Å². The van der Waals surface area contributed by atoms with E-state index in [0.29, 0.717) is 30.2 Å². The van der Waals surface area contributed by atoms with Gasteiger partial charge in [-0.15, -0.1) is 0 Å². The number of anilines is 1. The predicted octanol–water partition coefficient (Wildman–Crippen LogP) is 1.67. The fourth-order valence-electron chi connectivity index (χ4n) is 1.96. The minimum atomic E-state index is 0.0794. The van der Waals surface area contributed by atoms with Crippen molar-refractivity contribution in [2.24, 2.45) is 11.7 Å². The SMILES string of the molecule is CCC(CC)C(N)CNc1nc(OC)cc(OC)n1. The van der Waals surface area contributed by atoms with Gasteiger partial charge in [0.1, 0.15) is 0 Å². The van der Waals surface area contributed by atoms with Crippen LogP contribution in [0.1, 0.15) is 26.7 Å². The van der Waals surface area contributed by atoms with E-state index in [1.807, 2.05) is 0 Å². The Labute approximate surface area is 114 Å². The molecule has 0 fully saturated rings. The number of nitrogens with zero attached hydrogens (tertiary/aromatic N) is 2. The minimum absolute atomic E-state index is 0.0794. The maximum atomic E-state index is 6.15. The maximum Gasteiger partial charge on any atom is 0.229 e. The smallest absolute Gasteiger partial charge is 0.229 e. The highest BCUT2D eigenvalue weighted by Crippen LogP contribution is 2.18. The number of rotatable bonds is 8. The molecular weight excluding hydrogens is 244 g/mol. The largest absolute Gasteiger partial charge is 0.481 e. The van der Waals surface area contributed by atoms with Crippen LogP contribution in [0.4, 0.5) is 5.95 Å². The summed E-state index contributed by atoms with van der Waals surface area (Å²) in [6.45, 7) is 4.93. The highest BCUT2D eigenvalue weighted by atomic mass is 16.5. The molecule has 3 N–H and O–H groups in total. The van der Waals surface area contributed by atoms with E-state index in [2.05, 4.69) is 29.1 Å². The first kappa shape index (κ1) is 15.5. The first-order valence-electron chi connectivity index (χ1n) is 6.61. The van der Waals surface area contributed by atoms with E-state index in [-0.39, 0.29) is 6.04 Å². The molecule has 0 amide bonds. The second-order valence-electron chi connectivity index (χ2n) is 4.40. The maximum absolute atomic E-state index is 6.15. The van der Waals surface area contributed by atoms with E-state index in [4.69, 9.17) is 15.2 Å². The fourth-order valence-corrected chi connectivity index (χ4v) is 1.96. The summed E-state index contributed by atoms with van der Waals surface area (Å²) in [5.74, 6) is 1.90. The fraction of sp³-hybridized carbons (Fsp3) is 0.692. The van der Waals surface area contributed by atoms with Crippen LogP contribution in [0, 0.1) is 5.92 Å². The van der Waals surface area contributed by atoms with E-state index < -0.39 is 0 Å². The van der Waals surface area contributed by atoms with Crippen LogP contribution in [0.2, 0.25) is 0 Å². The lowest BCUT2D eigenvalue weighted by molar-refractivity contribution is 0.372. The Bertz CT molecular complexity index is 361. The zero-order chi connectivity index (χ0) is 14.3. The van der Waals surface area contributed by atoms with Crippen molar-refractivity contribution >= 4 is 5.95 Å². The molecule has 0 aliphatic carbocycles. The van der Waals surface area contributed by atoms with Crippen LogP contribution in [0.5, 0.6) is 11.8 Å². The van der Waals surface area contributed by atoms with Gasteiger partial charge < -0.3 is 20.5 Å². The lowest BCUT2D eigenvalue weighted by Gasteiger charge is -2.21. The second kappa shape index (κ2) is 7.78. The average Bonchev–Trinajstić information content (AvgIpc) is 2.45. The van der Waals surface area contributed by atoms with Crippen molar-refractivity contribution in [1.29, 1.82) is 0 Å². The van der Waals surface area contributed by atoms with Gasteiger partial charge in [0, 0.05) is 12.6 Å². The molecule has 0 bridgehead atoms. The summed E-state index contributed by atoms with van der Waals surface area (Å²) >= 11 is 0. The number of hydrogen-bond donors (Lipinski definition) is 2. The monoisotopic (exact) mass is 268 g/mol. The van der Waals surface area contributed by atoms with Gasteiger partial charge in [-0.3, -0.25) is 0 Å². The number of aromatic nitrogens is 2. The van der Waals surface area contributed by atoms with Crippen molar-refractivity contribution < 1.29 is 9.47 Å². The van der Waals surface area contributed by atoms with Crippen LogP contribution in [0.25, 0.3) is 0 Å². The van der Waals surface area contributed by atoms with Gasteiger partial charge in [0.2, 0.25) is 17.7 Å². The first-order chi connectivity index (χ1) is 9.14. The summed E-state index contributed by atoms with van der Waals surface area (Å²) in [6, 6.07) is 1.71. The first-order valence-corrected chi connectivity index (χ1v) is 6.61. The Kier molecular flexibility index (Phi) is 6.35. The molecule has 1 aromatic heterocycles. The topological polar surface area (TPSA) is 82.3 Å². The molecule has 19 heavy (non-hydrogen) atoms. The van der Waals surface area contributed by atoms with Gasteiger partial charge in [-0.05, 0) is 5.92 Å². The molecule has 0 aliphatic heterocycles. The summed E-state index contributed by atoms with van der Waals surface area (Å²) < 4.78 is 10.2. The lowest BCUT2D eigenvalue weighted by atomic mass is 9.95. The standard InChI is InChI=1S/C13H24N4O2/c1-5-9(6-2)10(14)8-15-13-16-11(18-3)7-12(17-13)19-4/h7,9-10H,5-6,8,14H2,1-4H3,(H,15,16,17). The molecule has 1 atom stereocenters. The van der Waals surface area contributed by atoms with E-state index >= 15 is 0 Å². The number of hydrogen-bond acceptors (Lipinski definition) is 6. The van der Waals surface area contributed by atoms with Crippen molar-refractivity contribution in [2.45, 2.75) is 32.7 Å². The summed E-state index contributed by atoms with van der Waals surface area (Å²) in [5.41, 5.74) is 6.15. The quantitative estimate of drug-likeness (QED) is 0.746. The molecule has 108 valence electrons. The molecule has 0 saturated heterocycles. The van der Waals surface area contributed by atoms with Crippen molar-refractivity contribution in [3.8, 4) is 11.8 Å². The van der Waals surface area contributed by atoms with Gasteiger partial charge in [0.05, 0.1) is 20.3 Å². The zero-order valence-electron chi connectivity index (χ0n) is 12.1. The van der Waals surface area contributed by atoms with Gasteiger partial charge in [0.25, 0.3) is 0 Å². The Hall–Kier alpha value is -1.56. The molecule has 6 heteroatoms. The van der Waals surface area contributed by atoms with E-state index in [9.17, 15) is 0 Å². The second-order valence-corrected chi connectivity index (χ2v) is 4.40. The zero-order valence-corrected chi connectivity index (χ0v) is 12.1. The summed E-state index contributed by atoms with van der Waals surface area (Å²) in [7, 11) is 3.11. The normalized spacial score (nSPS) is 12.3. The van der Waals surface area contributed by atoms with Gasteiger partial charge in [-0.1, -0.05) is 26.7 Å². The Balaban J connectivity index is 2.66.